The molecule has 2 aliphatic rings. The Morgan fingerprint density at radius 3 is 3.06 bits per heavy atom. The monoisotopic (exact) mass is 246 g/mol. The lowest BCUT2D eigenvalue weighted by Crippen LogP contribution is -2.39. The number of benzene rings is 1. The van der Waals surface area contributed by atoms with Crippen LogP contribution in [-0.4, -0.2) is 31.7 Å². The highest BCUT2D eigenvalue weighted by Crippen LogP contribution is 2.29. The molecular formula is C14H18N2O2. The number of para-hydroxylation sites is 2. The minimum atomic E-state index is -0.240. The van der Waals surface area contributed by atoms with E-state index in [1.807, 2.05) is 29.2 Å². The van der Waals surface area contributed by atoms with Crippen LogP contribution in [0.2, 0.25) is 0 Å². The van der Waals surface area contributed by atoms with Crippen molar-refractivity contribution < 1.29 is 9.53 Å². The molecule has 1 N–H and O–H groups in total. The Morgan fingerprint density at radius 1 is 1.33 bits per heavy atom. The molecule has 0 saturated carbocycles. The third-order valence-corrected chi connectivity index (χ3v) is 3.54. The summed E-state index contributed by atoms with van der Waals surface area (Å²) >= 11 is 0. The van der Waals surface area contributed by atoms with E-state index in [0.29, 0.717) is 6.61 Å². The van der Waals surface area contributed by atoms with Crippen molar-refractivity contribution in [3.63, 3.8) is 0 Å². The number of fused-ring (bicyclic) bond motifs is 1. The summed E-state index contributed by atoms with van der Waals surface area (Å²) in [4.78, 5) is 14.4. The van der Waals surface area contributed by atoms with E-state index in [9.17, 15) is 4.79 Å². The van der Waals surface area contributed by atoms with Gasteiger partial charge in [0, 0.05) is 19.7 Å². The summed E-state index contributed by atoms with van der Waals surface area (Å²) in [7, 11) is 0. The summed E-state index contributed by atoms with van der Waals surface area (Å²) in [5.74, 6) is 0.114. The molecule has 0 bridgehead atoms. The van der Waals surface area contributed by atoms with Gasteiger partial charge >= 0.3 is 0 Å². The first-order chi connectivity index (χ1) is 8.86. The van der Waals surface area contributed by atoms with Crippen molar-refractivity contribution in [3.8, 4) is 0 Å². The minimum Gasteiger partial charge on any atom is -0.383 e. The third-order valence-electron chi connectivity index (χ3n) is 3.54. The van der Waals surface area contributed by atoms with Crippen molar-refractivity contribution >= 4 is 17.3 Å². The largest absolute Gasteiger partial charge is 0.383 e. The smallest absolute Gasteiger partial charge is 0.256 e. The van der Waals surface area contributed by atoms with Gasteiger partial charge in [-0.2, -0.15) is 0 Å². The van der Waals surface area contributed by atoms with Gasteiger partial charge in [0.25, 0.3) is 5.91 Å². The summed E-state index contributed by atoms with van der Waals surface area (Å²) in [6.45, 7) is 2.39. The van der Waals surface area contributed by atoms with Crippen LogP contribution in [-0.2, 0) is 9.53 Å². The molecule has 0 unspecified atom stereocenters. The molecule has 0 aromatic heterocycles. The van der Waals surface area contributed by atoms with E-state index in [1.165, 1.54) is 0 Å². The number of carbonyl (C=O) groups is 1. The van der Waals surface area contributed by atoms with E-state index < -0.39 is 0 Å². The van der Waals surface area contributed by atoms with Crippen LogP contribution in [0.4, 0.5) is 11.4 Å². The van der Waals surface area contributed by atoms with Crippen LogP contribution < -0.4 is 10.2 Å². The lowest BCUT2D eigenvalue weighted by molar-refractivity contribution is -0.127. The van der Waals surface area contributed by atoms with Gasteiger partial charge in [-0.05, 0) is 31.4 Å². The standard InChI is InChI=1S/C14H18N2O2/c17-14(13-7-3-10-18-13)16-9-4-8-15-11-5-1-2-6-12(11)16/h1-2,5-6,13,15H,3-4,7-10H2/t13-/m1/s1. The number of nitrogens with zero attached hydrogens (tertiary/aromatic N) is 1. The van der Waals surface area contributed by atoms with Crippen molar-refractivity contribution in [2.75, 3.05) is 29.9 Å². The van der Waals surface area contributed by atoms with Crippen LogP contribution in [0.15, 0.2) is 24.3 Å². The number of hydrogen-bond donors (Lipinski definition) is 1. The lowest BCUT2D eigenvalue weighted by atomic mass is 10.2. The fraction of sp³-hybridized carbons (Fsp3) is 0.500. The molecule has 96 valence electrons. The molecule has 1 aromatic rings. The number of rotatable bonds is 1. The van der Waals surface area contributed by atoms with E-state index in [1.54, 1.807) is 0 Å². The molecule has 0 spiro atoms. The highest BCUT2D eigenvalue weighted by molar-refractivity contribution is 5.99. The minimum absolute atomic E-state index is 0.114. The van der Waals surface area contributed by atoms with Crippen LogP contribution in [0.5, 0.6) is 0 Å². The highest BCUT2D eigenvalue weighted by atomic mass is 16.5. The normalized spacial score (nSPS) is 23.1. The van der Waals surface area contributed by atoms with Gasteiger partial charge in [0.1, 0.15) is 6.10 Å². The van der Waals surface area contributed by atoms with Crippen LogP contribution in [0, 0.1) is 0 Å². The second-order valence-electron chi connectivity index (χ2n) is 4.79. The van der Waals surface area contributed by atoms with Crippen molar-refractivity contribution in [2.24, 2.45) is 0 Å². The number of hydrogen-bond acceptors (Lipinski definition) is 3. The van der Waals surface area contributed by atoms with Gasteiger partial charge in [0.05, 0.1) is 11.4 Å². The summed E-state index contributed by atoms with van der Waals surface area (Å²) in [6.07, 6.45) is 2.57. The van der Waals surface area contributed by atoms with Gasteiger partial charge in [-0.15, -0.1) is 0 Å². The number of amides is 1. The number of nitrogens with one attached hydrogen (secondary N) is 1. The van der Waals surface area contributed by atoms with E-state index >= 15 is 0 Å². The molecular weight excluding hydrogens is 228 g/mol. The Hall–Kier alpha value is -1.55. The zero-order chi connectivity index (χ0) is 12.4. The number of carbonyl (C=O) groups excluding carboxylic acids is 1. The predicted molar refractivity (Wildman–Crippen MR) is 70.9 cm³/mol. The molecule has 1 atom stereocenters. The highest BCUT2D eigenvalue weighted by Gasteiger charge is 2.30. The van der Waals surface area contributed by atoms with Gasteiger partial charge in [-0.3, -0.25) is 4.79 Å². The molecule has 1 fully saturated rings. The van der Waals surface area contributed by atoms with Crippen molar-refractivity contribution in [1.29, 1.82) is 0 Å². The number of anilines is 2. The van der Waals surface area contributed by atoms with Crippen LogP contribution in [0.1, 0.15) is 19.3 Å². The third kappa shape index (κ3) is 2.08. The molecule has 4 nitrogen and oxygen atoms in total. The maximum Gasteiger partial charge on any atom is 0.256 e. The molecule has 4 heteroatoms. The second kappa shape index (κ2) is 4.98. The Labute approximate surface area is 107 Å². The average molecular weight is 246 g/mol. The molecule has 2 aliphatic heterocycles. The topological polar surface area (TPSA) is 41.6 Å². The fourth-order valence-electron chi connectivity index (χ4n) is 2.61. The summed E-state index contributed by atoms with van der Waals surface area (Å²) in [5, 5.41) is 3.37. The molecule has 1 amide bonds. The van der Waals surface area contributed by atoms with Crippen molar-refractivity contribution in [3.05, 3.63) is 24.3 Å². The molecule has 18 heavy (non-hydrogen) atoms. The zero-order valence-corrected chi connectivity index (χ0v) is 10.4. The van der Waals surface area contributed by atoms with E-state index in [0.717, 1.165) is 43.7 Å². The van der Waals surface area contributed by atoms with Crippen LogP contribution >= 0.6 is 0 Å². The predicted octanol–water partition coefficient (Wildman–Crippen LogP) is 2.01. The first kappa shape index (κ1) is 11.5. The Kier molecular flexibility index (Phi) is 3.19. The van der Waals surface area contributed by atoms with E-state index in [-0.39, 0.29) is 12.0 Å². The summed E-state index contributed by atoms with van der Waals surface area (Å²) < 4.78 is 5.51. The molecule has 1 aromatic carbocycles. The number of ether oxygens (including phenoxy) is 1. The van der Waals surface area contributed by atoms with Gasteiger partial charge in [0.2, 0.25) is 0 Å². The maximum atomic E-state index is 12.5. The molecule has 2 heterocycles. The van der Waals surface area contributed by atoms with Gasteiger partial charge < -0.3 is 15.0 Å². The first-order valence-corrected chi connectivity index (χ1v) is 6.62. The van der Waals surface area contributed by atoms with Crippen LogP contribution in [0.3, 0.4) is 0 Å². The van der Waals surface area contributed by atoms with E-state index in [2.05, 4.69) is 5.32 Å². The van der Waals surface area contributed by atoms with Crippen molar-refractivity contribution in [1.82, 2.24) is 0 Å². The molecule has 3 rings (SSSR count). The SMILES string of the molecule is O=C([C@H]1CCCO1)N1CCCNc2ccccc21. The Balaban J connectivity index is 1.88. The quantitative estimate of drug-likeness (QED) is 0.824. The summed E-state index contributed by atoms with van der Waals surface area (Å²) in [5.41, 5.74) is 2.02. The average Bonchev–Trinajstić information content (AvgIpc) is 2.85. The van der Waals surface area contributed by atoms with Crippen LogP contribution in [0.25, 0.3) is 0 Å². The van der Waals surface area contributed by atoms with Gasteiger partial charge in [-0.1, -0.05) is 12.1 Å². The molecule has 0 aliphatic carbocycles. The van der Waals surface area contributed by atoms with Crippen molar-refractivity contribution in [2.45, 2.75) is 25.4 Å². The zero-order valence-electron chi connectivity index (χ0n) is 10.4. The maximum absolute atomic E-state index is 12.5. The Morgan fingerprint density at radius 2 is 2.22 bits per heavy atom. The fourth-order valence-corrected chi connectivity index (χ4v) is 2.61. The molecule has 1 saturated heterocycles. The Bertz CT molecular complexity index is 441. The van der Waals surface area contributed by atoms with E-state index in [4.69, 9.17) is 4.74 Å². The van der Waals surface area contributed by atoms with Gasteiger partial charge in [-0.25, -0.2) is 0 Å². The lowest BCUT2D eigenvalue weighted by Gasteiger charge is -2.24. The summed E-state index contributed by atoms with van der Waals surface area (Å²) in [6, 6.07) is 7.99. The second-order valence-corrected chi connectivity index (χ2v) is 4.79. The van der Waals surface area contributed by atoms with Gasteiger partial charge in [0.15, 0.2) is 0 Å². The molecule has 0 radical (unpaired) electrons. The first-order valence-electron chi connectivity index (χ1n) is 6.62.